The molecule has 1 nitrogen and oxygen atoms in total. The molecule has 1 saturated carbocycles. The number of hydrogen-bond donors (Lipinski definition) is 0. The molecule has 0 radical (unpaired) electrons. The first-order valence-corrected chi connectivity index (χ1v) is 6.84. The molecule has 2 heteroatoms. The van der Waals surface area contributed by atoms with E-state index in [1.165, 1.54) is 36.7 Å². The SMILES string of the molecule is CN(CCI)C1CCC(C)(C)CC1. The van der Waals surface area contributed by atoms with Gasteiger partial charge in [0.2, 0.25) is 0 Å². The summed E-state index contributed by atoms with van der Waals surface area (Å²) in [6, 6.07) is 0.864. The summed E-state index contributed by atoms with van der Waals surface area (Å²) in [4.78, 5) is 2.54. The molecular weight excluding hydrogens is 273 g/mol. The van der Waals surface area contributed by atoms with E-state index in [1.54, 1.807) is 0 Å². The smallest absolute Gasteiger partial charge is 0.0123 e. The van der Waals surface area contributed by atoms with Crippen LogP contribution in [0.2, 0.25) is 0 Å². The van der Waals surface area contributed by atoms with Gasteiger partial charge >= 0.3 is 0 Å². The fourth-order valence-electron chi connectivity index (χ4n) is 2.14. The quantitative estimate of drug-likeness (QED) is 0.570. The predicted octanol–water partition coefficient (Wildman–Crippen LogP) is 3.32. The molecule has 0 bridgehead atoms. The molecule has 0 aromatic heterocycles. The normalized spacial score (nSPS) is 23.8. The van der Waals surface area contributed by atoms with E-state index in [1.807, 2.05) is 0 Å². The lowest BCUT2D eigenvalue weighted by Gasteiger charge is -2.38. The Kier molecular flexibility index (Phi) is 4.49. The van der Waals surface area contributed by atoms with Crippen LogP contribution in [-0.4, -0.2) is 29.0 Å². The molecule has 0 heterocycles. The van der Waals surface area contributed by atoms with E-state index in [0.29, 0.717) is 5.41 Å². The maximum Gasteiger partial charge on any atom is 0.0123 e. The van der Waals surface area contributed by atoms with Crippen LogP contribution < -0.4 is 0 Å². The van der Waals surface area contributed by atoms with Crippen molar-refractivity contribution < 1.29 is 0 Å². The molecule has 78 valence electrons. The van der Waals surface area contributed by atoms with Gasteiger partial charge in [-0.05, 0) is 38.1 Å². The van der Waals surface area contributed by atoms with Crippen molar-refractivity contribution >= 4 is 22.6 Å². The molecule has 0 spiro atoms. The van der Waals surface area contributed by atoms with Crippen molar-refractivity contribution in [3.63, 3.8) is 0 Å². The first kappa shape index (κ1) is 11.8. The topological polar surface area (TPSA) is 3.24 Å². The van der Waals surface area contributed by atoms with E-state index in [2.05, 4.69) is 48.4 Å². The van der Waals surface area contributed by atoms with Crippen LogP contribution in [0.1, 0.15) is 39.5 Å². The monoisotopic (exact) mass is 295 g/mol. The van der Waals surface area contributed by atoms with Crippen molar-refractivity contribution in [2.75, 3.05) is 18.0 Å². The molecule has 1 fully saturated rings. The number of hydrogen-bond acceptors (Lipinski definition) is 1. The molecule has 0 aromatic rings. The Morgan fingerprint density at radius 3 is 2.31 bits per heavy atom. The Bertz CT molecular complexity index is 146. The zero-order valence-corrected chi connectivity index (χ0v) is 11.3. The first-order valence-electron chi connectivity index (χ1n) is 5.31. The Morgan fingerprint density at radius 1 is 1.31 bits per heavy atom. The van der Waals surface area contributed by atoms with Crippen LogP contribution in [0.4, 0.5) is 0 Å². The van der Waals surface area contributed by atoms with Crippen molar-refractivity contribution in [2.24, 2.45) is 5.41 Å². The second-order valence-electron chi connectivity index (χ2n) is 5.06. The van der Waals surface area contributed by atoms with E-state index in [-0.39, 0.29) is 0 Å². The van der Waals surface area contributed by atoms with Crippen molar-refractivity contribution in [2.45, 2.75) is 45.6 Å². The summed E-state index contributed by atoms with van der Waals surface area (Å²) in [5.74, 6) is 0. The molecule has 0 aromatic carbocycles. The van der Waals surface area contributed by atoms with Gasteiger partial charge in [0.15, 0.2) is 0 Å². The Hall–Kier alpha value is 0.690. The van der Waals surface area contributed by atoms with Gasteiger partial charge in [-0.2, -0.15) is 0 Å². The highest BCUT2D eigenvalue weighted by atomic mass is 127. The summed E-state index contributed by atoms with van der Waals surface area (Å²) < 4.78 is 1.26. The zero-order valence-electron chi connectivity index (χ0n) is 9.15. The van der Waals surface area contributed by atoms with Gasteiger partial charge < -0.3 is 4.90 Å². The fraction of sp³-hybridized carbons (Fsp3) is 1.00. The standard InChI is InChI=1S/C11H22IN/c1-11(2)6-4-10(5-7-11)13(3)9-8-12/h10H,4-9H2,1-3H3. The first-order chi connectivity index (χ1) is 6.05. The van der Waals surface area contributed by atoms with Crippen LogP contribution in [0.25, 0.3) is 0 Å². The minimum atomic E-state index is 0.613. The summed E-state index contributed by atoms with van der Waals surface area (Å²) in [6.45, 7) is 6.06. The minimum Gasteiger partial charge on any atom is -0.303 e. The van der Waals surface area contributed by atoms with E-state index in [9.17, 15) is 0 Å². The third kappa shape index (κ3) is 3.74. The molecule has 0 unspecified atom stereocenters. The lowest BCUT2D eigenvalue weighted by Crippen LogP contribution is -2.38. The minimum absolute atomic E-state index is 0.613. The van der Waals surface area contributed by atoms with Crippen molar-refractivity contribution in [1.29, 1.82) is 0 Å². The molecule has 0 aliphatic heterocycles. The van der Waals surface area contributed by atoms with Gasteiger partial charge in [0.05, 0.1) is 0 Å². The van der Waals surface area contributed by atoms with Crippen LogP contribution >= 0.6 is 22.6 Å². The van der Waals surface area contributed by atoms with Crippen LogP contribution in [0.3, 0.4) is 0 Å². The predicted molar refractivity (Wildman–Crippen MR) is 67.6 cm³/mol. The lowest BCUT2D eigenvalue weighted by molar-refractivity contribution is 0.133. The van der Waals surface area contributed by atoms with Crippen molar-refractivity contribution in [1.82, 2.24) is 4.90 Å². The van der Waals surface area contributed by atoms with Crippen LogP contribution in [0, 0.1) is 5.41 Å². The summed E-state index contributed by atoms with van der Waals surface area (Å²) in [6.07, 6.45) is 5.62. The van der Waals surface area contributed by atoms with Crippen molar-refractivity contribution in [3.05, 3.63) is 0 Å². The summed E-state index contributed by atoms with van der Waals surface area (Å²) in [7, 11) is 2.28. The lowest BCUT2D eigenvalue weighted by atomic mass is 9.75. The summed E-state index contributed by atoms with van der Waals surface area (Å²) in [5.41, 5.74) is 0.613. The largest absolute Gasteiger partial charge is 0.303 e. The second-order valence-corrected chi connectivity index (χ2v) is 6.14. The highest BCUT2D eigenvalue weighted by molar-refractivity contribution is 14.1. The average Bonchev–Trinajstić information content (AvgIpc) is 2.04. The zero-order chi connectivity index (χ0) is 9.90. The molecular formula is C11H22IN. The number of alkyl halides is 1. The second kappa shape index (κ2) is 4.96. The van der Waals surface area contributed by atoms with Gasteiger partial charge in [0.25, 0.3) is 0 Å². The number of nitrogens with zero attached hydrogens (tertiary/aromatic N) is 1. The van der Waals surface area contributed by atoms with Crippen LogP contribution in [-0.2, 0) is 0 Å². The Morgan fingerprint density at radius 2 is 1.85 bits per heavy atom. The maximum atomic E-state index is 2.54. The number of halogens is 1. The maximum absolute atomic E-state index is 2.54. The Labute approximate surface area is 96.4 Å². The molecule has 13 heavy (non-hydrogen) atoms. The van der Waals surface area contributed by atoms with Gasteiger partial charge in [-0.3, -0.25) is 0 Å². The molecule has 1 aliphatic rings. The van der Waals surface area contributed by atoms with E-state index in [0.717, 1.165) is 6.04 Å². The van der Waals surface area contributed by atoms with Gasteiger partial charge in [-0.15, -0.1) is 0 Å². The van der Waals surface area contributed by atoms with Gasteiger partial charge in [0.1, 0.15) is 0 Å². The number of rotatable bonds is 3. The third-order valence-corrected chi connectivity index (χ3v) is 3.85. The van der Waals surface area contributed by atoms with E-state index in [4.69, 9.17) is 0 Å². The Balaban J connectivity index is 2.32. The highest BCUT2D eigenvalue weighted by Crippen LogP contribution is 2.36. The molecule has 0 amide bonds. The summed E-state index contributed by atoms with van der Waals surface area (Å²) in [5, 5.41) is 0. The third-order valence-electron chi connectivity index (χ3n) is 3.37. The van der Waals surface area contributed by atoms with Crippen molar-refractivity contribution in [3.8, 4) is 0 Å². The molecule has 0 N–H and O–H groups in total. The molecule has 1 rings (SSSR count). The van der Waals surface area contributed by atoms with E-state index < -0.39 is 0 Å². The van der Waals surface area contributed by atoms with Crippen LogP contribution in [0.5, 0.6) is 0 Å². The molecule has 0 saturated heterocycles. The van der Waals surface area contributed by atoms with Gasteiger partial charge in [-0.1, -0.05) is 36.4 Å². The molecule has 0 atom stereocenters. The fourth-order valence-corrected chi connectivity index (χ4v) is 2.90. The average molecular weight is 295 g/mol. The van der Waals surface area contributed by atoms with Gasteiger partial charge in [0, 0.05) is 17.0 Å². The van der Waals surface area contributed by atoms with Gasteiger partial charge in [-0.25, -0.2) is 0 Å². The highest BCUT2D eigenvalue weighted by Gasteiger charge is 2.28. The summed E-state index contributed by atoms with van der Waals surface area (Å²) >= 11 is 2.46. The van der Waals surface area contributed by atoms with E-state index >= 15 is 0 Å². The molecule has 1 aliphatic carbocycles. The van der Waals surface area contributed by atoms with Crippen LogP contribution in [0.15, 0.2) is 0 Å².